The van der Waals surface area contributed by atoms with Crippen molar-refractivity contribution in [1.29, 1.82) is 0 Å². The molecular weight excluding hydrogens is 318 g/mol. The summed E-state index contributed by atoms with van der Waals surface area (Å²) in [6.07, 6.45) is 9.80. The number of aromatic hydroxyl groups is 1. The maximum atomic E-state index is 11.2. The molecule has 1 N–H and O–H groups in total. The van der Waals surface area contributed by atoms with Crippen LogP contribution in [0.3, 0.4) is 0 Å². The summed E-state index contributed by atoms with van der Waals surface area (Å²) in [5.41, 5.74) is 1.42. The summed E-state index contributed by atoms with van der Waals surface area (Å²) < 4.78 is 7.99. The van der Waals surface area contributed by atoms with E-state index in [-0.39, 0.29) is 11.3 Å². The van der Waals surface area contributed by atoms with Crippen molar-refractivity contribution in [1.82, 2.24) is 14.8 Å². The van der Waals surface area contributed by atoms with Gasteiger partial charge in [0.2, 0.25) is 0 Å². The molecule has 2 unspecified atom stereocenters. The first-order valence-corrected chi connectivity index (χ1v) is 8.90. The molecule has 1 aliphatic rings. The fraction of sp³-hybridized carbons (Fsp3) is 0.526. The van der Waals surface area contributed by atoms with E-state index in [4.69, 9.17) is 4.74 Å². The van der Waals surface area contributed by atoms with E-state index < -0.39 is 0 Å². The number of pyridine rings is 1. The highest BCUT2D eigenvalue weighted by Gasteiger charge is 2.30. The molecule has 0 radical (unpaired) electrons. The van der Waals surface area contributed by atoms with Gasteiger partial charge in [-0.3, -0.25) is 14.5 Å². The third kappa shape index (κ3) is 3.67. The number of aromatic nitrogens is 3. The summed E-state index contributed by atoms with van der Waals surface area (Å²) in [4.78, 5) is 15.1. The van der Waals surface area contributed by atoms with Crippen LogP contribution in [0.4, 0.5) is 0 Å². The van der Waals surface area contributed by atoms with Crippen LogP contribution in [0.25, 0.3) is 0 Å². The van der Waals surface area contributed by atoms with Crippen LogP contribution in [-0.4, -0.2) is 32.8 Å². The second-order valence-corrected chi connectivity index (χ2v) is 6.94. The van der Waals surface area contributed by atoms with Crippen molar-refractivity contribution in [3.63, 3.8) is 0 Å². The van der Waals surface area contributed by atoms with E-state index in [1.54, 1.807) is 0 Å². The number of aldehydes is 1. The van der Waals surface area contributed by atoms with Crippen molar-refractivity contribution < 1.29 is 14.6 Å². The van der Waals surface area contributed by atoms with Crippen LogP contribution >= 0.6 is 0 Å². The van der Waals surface area contributed by atoms with Gasteiger partial charge in [0.05, 0.1) is 19.0 Å². The second kappa shape index (κ2) is 7.68. The number of carbonyl (C=O) groups excluding carboxylic acids is 1. The van der Waals surface area contributed by atoms with Gasteiger partial charge in [-0.2, -0.15) is 5.10 Å². The van der Waals surface area contributed by atoms with Gasteiger partial charge < -0.3 is 9.84 Å². The number of nitrogens with zero attached hydrogens (tertiary/aromatic N) is 3. The Bertz CT molecular complexity index is 726. The summed E-state index contributed by atoms with van der Waals surface area (Å²) in [6.45, 7) is 4.78. The van der Waals surface area contributed by atoms with Gasteiger partial charge >= 0.3 is 0 Å². The Balaban J connectivity index is 1.77. The third-order valence-electron chi connectivity index (χ3n) is 4.98. The van der Waals surface area contributed by atoms with Crippen molar-refractivity contribution >= 4 is 6.29 Å². The van der Waals surface area contributed by atoms with Gasteiger partial charge in [-0.1, -0.05) is 12.8 Å². The Morgan fingerprint density at radius 1 is 1.36 bits per heavy atom. The quantitative estimate of drug-likeness (QED) is 0.809. The number of ether oxygens (including phenoxy) is 1. The molecule has 2 heterocycles. The first-order chi connectivity index (χ1) is 12.1. The molecule has 2 aromatic heterocycles. The van der Waals surface area contributed by atoms with Crippen LogP contribution in [0.2, 0.25) is 0 Å². The van der Waals surface area contributed by atoms with Crippen molar-refractivity contribution in [3.8, 4) is 11.5 Å². The van der Waals surface area contributed by atoms with Gasteiger partial charge in [0.15, 0.2) is 12.0 Å². The zero-order chi connectivity index (χ0) is 17.8. The molecule has 0 amide bonds. The Kier molecular flexibility index (Phi) is 5.36. The lowest BCUT2D eigenvalue weighted by molar-refractivity contribution is 0.111. The number of rotatable bonds is 6. The lowest BCUT2D eigenvalue weighted by Crippen LogP contribution is -2.26. The van der Waals surface area contributed by atoms with Crippen LogP contribution in [0, 0.1) is 5.92 Å². The molecule has 6 heteroatoms. The van der Waals surface area contributed by atoms with E-state index >= 15 is 0 Å². The monoisotopic (exact) mass is 343 g/mol. The zero-order valence-electron chi connectivity index (χ0n) is 14.8. The minimum Gasteiger partial charge on any atom is -0.505 e. The lowest BCUT2D eigenvalue weighted by atomic mass is 9.77. The minimum atomic E-state index is -0.148. The lowest BCUT2D eigenvalue weighted by Gasteiger charge is -2.32. The second-order valence-electron chi connectivity index (χ2n) is 6.94. The van der Waals surface area contributed by atoms with E-state index in [1.165, 1.54) is 30.9 Å². The predicted molar refractivity (Wildman–Crippen MR) is 94.1 cm³/mol. The van der Waals surface area contributed by atoms with Gasteiger partial charge in [-0.05, 0) is 32.8 Å². The van der Waals surface area contributed by atoms with E-state index in [9.17, 15) is 9.90 Å². The number of hydrogen-bond donors (Lipinski definition) is 1. The molecule has 0 bridgehead atoms. The highest BCUT2D eigenvalue weighted by Crippen LogP contribution is 2.39. The Hall–Kier alpha value is -2.37. The van der Waals surface area contributed by atoms with Gasteiger partial charge in [0.1, 0.15) is 11.3 Å². The highest BCUT2D eigenvalue weighted by molar-refractivity contribution is 5.82. The van der Waals surface area contributed by atoms with E-state index in [2.05, 4.69) is 34.7 Å². The smallest absolute Gasteiger partial charge is 0.157 e. The van der Waals surface area contributed by atoms with Crippen molar-refractivity contribution in [2.24, 2.45) is 5.92 Å². The summed E-state index contributed by atoms with van der Waals surface area (Å²) >= 11 is 0. The standard InChI is InChI=1S/C19H25N3O3/c1-13(2)22-17(7-8-21-22)15-6-4-3-5-14(15)12-25-19-10-20-9-18(24)16(19)11-23/h7-11,13-15,24H,3-6,12H2,1-2H3. The van der Waals surface area contributed by atoms with E-state index in [1.807, 2.05) is 6.20 Å². The van der Waals surface area contributed by atoms with Gasteiger partial charge in [-0.25, -0.2) is 0 Å². The zero-order valence-corrected chi connectivity index (χ0v) is 14.8. The van der Waals surface area contributed by atoms with Gasteiger partial charge in [-0.15, -0.1) is 0 Å². The van der Waals surface area contributed by atoms with E-state index in [0.717, 1.165) is 12.8 Å². The maximum absolute atomic E-state index is 11.2. The van der Waals surface area contributed by atoms with Gasteiger partial charge in [0, 0.05) is 29.8 Å². The molecule has 2 aromatic rings. The van der Waals surface area contributed by atoms with Crippen molar-refractivity contribution in [2.45, 2.75) is 51.5 Å². The molecule has 25 heavy (non-hydrogen) atoms. The topological polar surface area (TPSA) is 77.2 Å². The molecule has 0 saturated heterocycles. The molecule has 134 valence electrons. The van der Waals surface area contributed by atoms with Crippen LogP contribution in [0.5, 0.6) is 11.5 Å². The van der Waals surface area contributed by atoms with Gasteiger partial charge in [0.25, 0.3) is 0 Å². The van der Waals surface area contributed by atoms with Crippen molar-refractivity contribution in [2.75, 3.05) is 6.61 Å². The molecule has 6 nitrogen and oxygen atoms in total. The third-order valence-corrected chi connectivity index (χ3v) is 4.98. The molecule has 1 fully saturated rings. The largest absolute Gasteiger partial charge is 0.505 e. The predicted octanol–water partition coefficient (Wildman–Crippen LogP) is 3.73. The van der Waals surface area contributed by atoms with Crippen LogP contribution in [-0.2, 0) is 0 Å². The normalized spacial score (nSPS) is 20.6. The molecule has 2 atom stereocenters. The average molecular weight is 343 g/mol. The molecule has 0 spiro atoms. The molecule has 1 saturated carbocycles. The first kappa shape index (κ1) is 17.5. The average Bonchev–Trinajstić information content (AvgIpc) is 3.10. The highest BCUT2D eigenvalue weighted by atomic mass is 16.5. The molecular formula is C19H25N3O3. The number of hydrogen-bond acceptors (Lipinski definition) is 5. The minimum absolute atomic E-state index is 0.148. The fourth-order valence-corrected chi connectivity index (χ4v) is 3.72. The Morgan fingerprint density at radius 2 is 2.16 bits per heavy atom. The van der Waals surface area contributed by atoms with Crippen molar-refractivity contribution in [3.05, 3.63) is 35.9 Å². The Morgan fingerprint density at radius 3 is 2.92 bits per heavy atom. The summed E-state index contributed by atoms with van der Waals surface area (Å²) in [5.74, 6) is 0.940. The number of carbonyl (C=O) groups is 1. The fourth-order valence-electron chi connectivity index (χ4n) is 3.72. The summed E-state index contributed by atoms with van der Waals surface area (Å²) in [7, 11) is 0. The molecule has 0 aromatic carbocycles. The molecule has 3 rings (SSSR count). The Labute approximate surface area is 147 Å². The molecule has 1 aliphatic carbocycles. The van der Waals surface area contributed by atoms with E-state index in [0.29, 0.717) is 36.5 Å². The summed E-state index contributed by atoms with van der Waals surface area (Å²) in [6, 6.07) is 2.43. The first-order valence-electron chi connectivity index (χ1n) is 8.90. The summed E-state index contributed by atoms with van der Waals surface area (Å²) in [5, 5.41) is 14.2. The SMILES string of the molecule is CC(C)n1nccc1C1CCCCC1COc1cncc(O)c1C=O. The molecule has 0 aliphatic heterocycles. The van der Waals surface area contributed by atoms with Crippen LogP contribution in [0.15, 0.2) is 24.7 Å². The van der Waals surface area contributed by atoms with Crippen LogP contribution in [0.1, 0.15) is 67.5 Å². The van der Waals surface area contributed by atoms with Crippen LogP contribution < -0.4 is 4.74 Å². The maximum Gasteiger partial charge on any atom is 0.157 e.